The van der Waals surface area contributed by atoms with Gasteiger partial charge in [0.2, 0.25) is 0 Å². The van der Waals surface area contributed by atoms with E-state index in [-0.39, 0.29) is 22.6 Å². The van der Waals surface area contributed by atoms with Crippen LogP contribution in [0.1, 0.15) is 18.4 Å². The van der Waals surface area contributed by atoms with E-state index >= 15 is 0 Å². The van der Waals surface area contributed by atoms with E-state index < -0.39 is 11.8 Å². The molecule has 0 saturated heterocycles. The second-order valence-electron chi connectivity index (χ2n) is 4.50. The second-order valence-corrected chi connectivity index (χ2v) is 4.50. The third kappa shape index (κ3) is 3.04. The lowest BCUT2D eigenvalue weighted by Crippen LogP contribution is -2.15. The number of halogens is 1. The number of hydrogen-bond donors (Lipinski definition) is 1. The van der Waals surface area contributed by atoms with Gasteiger partial charge in [0.25, 0.3) is 0 Å². The smallest absolute Gasteiger partial charge is 0.343 e. The van der Waals surface area contributed by atoms with Crippen LogP contribution in [0.15, 0.2) is 28.8 Å². The van der Waals surface area contributed by atoms with Crippen LogP contribution in [0.25, 0.3) is 5.76 Å². The largest absolute Gasteiger partial charge is 0.506 e. The van der Waals surface area contributed by atoms with E-state index in [1.165, 1.54) is 26.4 Å². The van der Waals surface area contributed by atoms with E-state index in [1.807, 2.05) is 0 Å². The Hall–Kier alpha value is -2.37. The first-order valence-electron chi connectivity index (χ1n) is 6.47. The Morgan fingerprint density at radius 2 is 2.14 bits per heavy atom. The molecule has 0 amide bonds. The fourth-order valence-corrected chi connectivity index (χ4v) is 2.15. The minimum atomic E-state index is -0.690. The van der Waals surface area contributed by atoms with Crippen LogP contribution in [0.4, 0.5) is 4.39 Å². The van der Waals surface area contributed by atoms with Crippen LogP contribution in [0, 0.1) is 5.82 Å². The van der Waals surface area contributed by atoms with Gasteiger partial charge in [-0.25, -0.2) is 9.18 Å². The summed E-state index contributed by atoms with van der Waals surface area (Å²) in [6, 6.07) is 3.95. The topological polar surface area (TPSA) is 68.1 Å². The molecule has 0 aliphatic carbocycles. The predicted octanol–water partition coefficient (Wildman–Crippen LogP) is 2.51. The Morgan fingerprint density at radius 3 is 2.67 bits per heavy atom. The van der Waals surface area contributed by atoms with Gasteiger partial charge < -0.3 is 14.6 Å². The SMILES string of the molecule is COC(=O)/C(C1=NCCC1)=C(\O)c1ccc(OC)c(F)c1. The van der Waals surface area contributed by atoms with E-state index in [2.05, 4.69) is 9.73 Å². The van der Waals surface area contributed by atoms with E-state index in [0.29, 0.717) is 18.7 Å². The monoisotopic (exact) mass is 293 g/mol. The highest BCUT2D eigenvalue weighted by Gasteiger charge is 2.25. The number of carbonyl (C=O) groups is 1. The molecule has 112 valence electrons. The highest BCUT2D eigenvalue weighted by atomic mass is 19.1. The summed E-state index contributed by atoms with van der Waals surface area (Å²) in [6.07, 6.45) is 1.38. The Labute approximate surface area is 121 Å². The molecule has 1 heterocycles. The summed E-state index contributed by atoms with van der Waals surface area (Å²) in [5.74, 6) is -1.60. The van der Waals surface area contributed by atoms with Crippen molar-refractivity contribution in [2.45, 2.75) is 12.8 Å². The van der Waals surface area contributed by atoms with Gasteiger partial charge in [-0.3, -0.25) is 4.99 Å². The van der Waals surface area contributed by atoms with Gasteiger partial charge in [-0.05, 0) is 31.0 Å². The zero-order chi connectivity index (χ0) is 15.4. The third-order valence-corrected chi connectivity index (χ3v) is 3.21. The minimum Gasteiger partial charge on any atom is -0.506 e. The first-order chi connectivity index (χ1) is 10.1. The van der Waals surface area contributed by atoms with Crippen LogP contribution >= 0.6 is 0 Å². The molecule has 1 aromatic rings. The molecule has 21 heavy (non-hydrogen) atoms. The van der Waals surface area contributed by atoms with E-state index in [9.17, 15) is 14.3 Å². The molecule has 0 aromatic heterocycles. The maximum atomic E-state index is 13.7. The van der Waals surface area contributed by atoms with Crippen LogP contribution in [0.2, 0.25) is 0 Å². The molecular formula is C15H16FNO4. The van der Waals surface area contributed by atoms with Crippen LogP contribution < -0.4 is 4.74 Å². The molecule has 0 fully saturated rings. The molecule has 1 aliphatic heterocycles. The fourth-order valence-electron chi connectivity index (χ4n) is 2.15. The average Bonchev–Trinajstić information content (AvgIpc) is 3.00. The first kappa shape index (κ1) is 15.0. The average molecular weight is 293 g/mol. The summed E-state index contributed by atoms with van der Waals surface area (Å²) in [5, 5.41) is 10.3. The molecule has 0 saturated carbocycles. The second kappa shape index (κ2) is 6.39. The van der Waals surface area contributed by atoms with Crippen molar-refractivity contribution in [1.29, 1.82) is 0 Å². The Bertz CT molecular complexity index is 622. The number of carbonyl (C=O) groups excluding carboxylic acids is 1. The number of ether oxygens (including phenoxy) is 2. The molecule has 2 rings (SSSR count). The lowest BCUT2D eigenvalue weighted by atomic mass is 10.0. The highest BCUT2D eigenvalue weighted by Crippen LogP contribution is 2.26. The molecule has 1 N–H and O–H groups in total. The summed E-state index contributed by atoms with van der Waals surface area (Å²) in [6.45, 7) is 0.597. The van der Waals surface area contributed by atoms with Crippen molar-refractivity contribution < 1.29 is 23.8 Å². The molecule has 0 atom stereocenters. The number of aliphatic hydroxyl groups excluding tert-OH is 1. The summed E-state index contributed by atoms with van der Waals surface area (Å²) >= 11 is 0. The molecule has 0 unspecified atom stereocenters. The van der Waals surface area contributed by atoms with Gasteiger partial charge in [0.1, 0.15) is 11.3 Å². The first-order valence-corrected chi connectivity index (χ1v) is 6.47. The van der Waals surface area contributed by atoms with Crippen LogP contribution in [0.5, 0.6) is 5.75 Å². The van der Waals surface area contributed by atoms with Gasteiger partial charge in [0.05, 0.1) is 19.9 Å². The zero-order valence-corrected chi connectivity index (χ0v) is 11.9. The molecule has 0 spiro atoms. The number of aliphatic imine (C=N–C) groups is 1. The minimum absolute atomic E-state index is 0.0143. The van der Waals surface area contributed by atoms with E-state index in [0.717, 1.165) is 12.5 Å². The van der Waals surface area contributed by atoms with Crippen molar-refractivity contribution in [3.8, 4) is 5.75 Å². The number of hydrogen-bond acceptors (Lipinski definition) is 5. The van der Waals surface area contributed by atoms with Crippen LogP contribution in [0.3, 0.4) is 0 Å². The summed E-state index contributed by atoms with van der Waals surface area (Å²) in [4.78, 5) is 16.1. The van der Waals surface area contributed by atoms with E-state index in [4.69, 9.17) is 4.74 Å². The zero-order valence-electron chi connectivity index (χ0n) is 11.9. The van der Waals surface area contributed by atoms with E-state index in [1.54, 1.807) is 0 Å². The van der Waals surface area contributed by atoms with Crippen molar-refractivity contribution in [2.24, 2.45) is 4.99 Å². The quantitative estimate of drug-likeness (QED) is 0.526. The van der Waals surface area contributed by atoms with Crippen LogP contribution in [-0.2, 0) is 9.53 Å². The summed E-state index contributed by atoms with van der Waals surface area (Å²) < 4.78 is 23.2. The molecule has 1 aromatic carbocycles. The standard InChI is InChI=1S/C15H16FNO4/c1-20-12-6-5-9(8-10(12)16)14(18)13(15(19)21-2)11-4-3-7-17-11/h5-6,8,18H,3-4,7H2,1-2H3/b14-13-. The fraction of sp³-hybridized carbons (Fsp3) is 0.333. The lowest BCUT2D eigenvalue weighted by molar-refractivity contribution is -0.135. The molecular weight excluding hydrogens is 277 g/mol. The van der Waals surface area contributed by atoms with Crippen molar-refractivity contribution in [1.82, 2.24) is 0 Å². The lowest BCUT2D eigenvalue weighted by Gasteiger charge is -2.10. The van der Waals surface area contributed by atoms with Crippen molar-refractivity contribution in [2.75, 3.05) is 20.8 Å². The number of methoxy groups -OCH3 is 2. The normalized spacial score (nSPS) is 15.3. The number of benzene rings is 1. The number of nitrogens with zero attached hydrogens (tertiary/aromatic N) is 1. The summed E-state index contributed by atoms with van der Waals surface area (Å²) in [7, 11) is 2.57. The number of rotatable bonds is 4. The van der Waals surface area contributed by atoms with Gasteiger partial charge in [-0.1, -0.05) is 0 Å². The maximum Gasteiger partial charge on any atom is 0.343 e. The van der Waals surface area contributed by atoms with Crippen molar-refractivity contribution in [3.05, 3.63) is 35.2 Å². The van der Waals surface area contributed by atoms with Gasteiger partial charge in [-0.15, -0.1) is 0 Å². The van der Waals surface area contributed by atoms with Gasteiger partial charge in [0, 0.05) is 12.1 Å². The van der Waals surface area contributed by atoms with Gasteiger partial charge in [-0.2, -0.15) is 0 Å². The van der Waals surface area contributed by atoms with Crippen molar-refractivity contribution in [3.63, 3.8) is 0 Å². The Kier molecular flexibility index (Phi) is 4.57. The maximum absolute atomic E-state index is 13.7. The predicted molar refractivity (Wildman–Crippen MR) is 76.1 cm³/mol. The van der Waals surface area contributed by atoms with Gasteiger partial charge >= 0.3 is 5.97 Å². The number of esters is 1. The Balaban J connectivity index is 2.50. The Morgan fingerprint density at radius 1 is 1.38 bits per heavy atom. The molecule has 6 heteroatoms. The van der Waals surface area contributed by atoms with Gasteiger partial charge in [0.15, 0.2) is 11.6 Å². The molecule has 1 aliphatic rings. The number of aliphatic hydroxyl groups is 1. The highest BCUT2D eigenvalue weighted by molar-refractivity contribution is 6.24. The molecule has 0 radical (unpaired) electrons. The van der Waals surface area contributed by atoms with Crippen molar-refractivity contribution >= 4 is 17.4 Å². The third-order valence-electron chi connectivity index (χ3n) is 3.21. The summed E-state index contributed by atoms with van der Waals surface area (Å²) in [5.41, 5.74) is 0.637. The molecule has 5 nitrogen and oxygen atoms in total. The van der Waals surface area contributed by atoms with Crippen LogP contribution in [-0.4, -0.2) is 37.6 Å². The molecule has 0 bridgehead atoms.